The van der Waals surface area contributed by atoms with Crippen LogP contribution in [-0.2, 0) is 65.4 Å². The van der Waals surface area contributed by atoms with Crippen molar-refractivity contribution in [2.24, 2.45) is 17.8 Å². The summed E-state index contributed by atoms with van der Waals surface area (Å²) in [6.45, 7) is 11.7. The molecule has 0 radical (unpaired) electrons. The normalized spacial score (nSPS) is 14.6. The lowest BCUT2D eigenvalue weighted by molar-refractivity contribution is -0.161. The molecule has 510 valence electrons. The quantitative estimate of drug-likeness (QED) is 0.0222. The van der Waals surface area contributed by atoms with E-state index < -0.39 is 97.5 Å². The fraction of sp³-hybridized carbons (Fsp3) is 0.940. The molecule has 0 saturated heterocycles. The van der Waals surface area contributed by atoms with E-state index in [1.165, 1.54) is 135 Å². The van der Waals surface area contributed by atoms with Crippen molar-refractivity contribution in [1.29, 1.82) is 0 Å². The Balaban J connectivity index is 5.26. The van der Waals surface area contributed by atoms with Crippen LogP contribution in [0.3, 0.4) is 0 Å². The molecular weight excluding hydrogens is 1140 g/mol. The lowest BCUT2D eigenvalue weighted by Gasteiger charge is -2.21. The Labute approximate surface area is 524 Å². The maximum atomic E-state index is 13.0. The Bertz CT molecular complexity index is 1700. The molecule has 0 aromatic carbocycles. The van der Waals surface area contributed by atoms with Gasteiger partial charge in [0, 0.05) is 25.7 Å². The summed E-state index contributed by atoms with van der Waals surface area (Å²) in [4.78, 5) is 72.4. The maximum absolute atomic E-state index is 13.0. The molecule has 0 fully saturated rings. The van der Waals surface area contributed by atoms with Crippen LogP contribution in [0.1, 0.15) is 331 Å². The second kappa shape index (κ2) is 58.2. The lowest BCUT2D eigenvalue weighted by Crippen LogP contribution is -2.30. The van der Waals surface area contributed by atoms with Gasteiger partial charge in [-0.2, -0.15) is 0 Å². The summed E-state index contributed by atoms with van der Waals surface area (Å²) in [5, 5.41) is 10.6. The second-order valence-corrected chi connectivity index (χ2v) is 28.3. The van der Waals surface area contributed by atoms with Crippen LogP contribution in [0.25, 0.3) is 0 Å². The molecule has 17 nitrogen and oxygen atoms in total. The number of phosphoric ester groups is 2. The van der Waals surface area contributed by atoms with E-state index in [0.29, 0.717) is 31.6 Å². The predicted molar refractivity (Wildman–Crippen MR) is 344 cm³/mol. The number of carbonyl (C=O) groups is 4. The SMILES string of the molecule is CCCCCCCCCCCCCCC(=O)O[C@H](COC(=O)CCCCCCCCCC(C)C)COP(=O)(O)OC[C@H](O)COP(=O)(O)OC[C@@H](COC(=O)CCCCCCCCCCC(C)CC)OC(=O)CCCCCCCCCCCC(C)C. The molecule has 0 aliphatic heterocycles. The van der Waals surface area contributed by atoms with Crippen LogP contribution in [0.4, 0.5) is 0 Å². The number of unbranched alkanes of at least 4 members (excludes halogenated alkanes) is 32. The Hall–Kier alpha value is -1.94. The number of phosphoric acid groups is 2. The number of ether oxygens (including phenoxy) is 4. The third-order valence-electron chi connectivity index (χ3n) is 15.7. The van der Waals surface area contributed by atoms with Gasteiger partial charge in [-0.05, 0) is 43.4 Å². The van der Waals surface area contributed by atoms with E-state index in [0.717, 1.165) is 108 Å². The fourth-order valence-electron chi connectivity index (χ4n) is 9.98. The number of hydrogen-bond acceptors (Lipinski definition) is 15. The number of rotatable bonds is 65. The number of hydrogen-bond donors (Lipinski definition) is 3. The van der Waals surface area contributed by atoms with Gasteiger partial charge in [0.15, 0.2) is 12.2 Å². The van der Waals surface area contributed by atoms with E-state index >= 15 is 0 Å². The van der Waals surface area contributed by atoms with Crippen molar-refractivity contribution in [3.63, 3.8) is 0 Å². The van der Waals surface area contributed by atoms with Gasteiger partial charge >= 0.3 is 39.5 Å². The van der Waals surface area contributed by atoms with Gasteiger partial charge in [-0.3, -0.25) is 37.3 Å². The summed E-state index contributed by atoms with van der Waals surface area (Å²) < 4.78 is 68.1. The molecule has 0 saturated carbocycles. The van der Waals surface area contributed by atoms with Crippen molar-refractivity contribution in [2.75, 3.05) is 39.6 Å². The molecule has 0 amide bonds. The van der Waals surface area contributed by atoms with E-state index in [1.807, 2.05) is 0 Å². The second-order valence-electron chi connectivity index (χ2n) is 25.4. The number of aliphatic hydroxyl groups excluding tert-OH is 1. The Morgan fingerprint density at radius 3 is 0.884 bits per heavy atom. The first-order valence-electron chi connectivity index (χ1n) is 34.9. The monoisotopic (exact) mass is 1270 g/mol. The van der Waals surface area contributed by atoms with E-state index in [1.54, 1.807) is 0 Å². The Morgan fingerprint density at radius 2 is 0.593 bits per heavy atom. The molecule has 0 heterocycles. The van der Waals surface area contributed by atoms with E-state index in [2.05, 4.69) is 48.5 Å². The van der Waals surface area contributed by atoms with Crippen LogP contribution < -0.4 is 0 Å². The Morgan fingerprint density at radius 1 is 0.337 bits per heavy atom. The average molecular weight is 1270 g/mol. The first-order chi connectivity index (χ1) is 41.3. The van der Waals surface area contributed by atoms with Crippen molar-refractivity contribution in [3.8, 4) is 0 Å². The van der Waals surface area contributed by atoms with Crippen molar-refractivity contribution in [1.82, 2.24) is 0 Å². The van der Waals surface area contributed by atoms with Gasteiger partial charge < -0.3 is 33.8 Å². The van der Waals surface area contributed by atoms with Gasteiger partial charge in [-0.15, -0.1) is 0 Å². The van der Waals surface area contributed by atoms with Gasteiger partial charge in [0.25, 0.3) is 0 Å². The summed E-state index contributed by atoms with van der Waals surface area (Å²) in [6, 6.07) is 0. The van der Waals surface area contributed by atoms with Gasteiger partial charge in [-0.25, -0.2) is 9.13 Å². The molecular formula is C67H130O17P2. The molecule has 86 heavy (non-hydrogen) atoms. The summed E-state index contributed by atoms with van der Waals surface area (Å²) in [5.74, 6) is 0.0879. The van der Waals surface area contributed by atoms with Crippen LogP contribution in [-0.4, -0.2) is 96.7 Å². The van der Waals surface area contributed by atoms with Crippen LogP contribution in [0, 0.1) is 17.8 Å². The van der Waals surface area contributed by atoms with Gasteiger partial charge in [0.05, 0.1) is 26.4 Å². The van der Waals surface area contributed by atoms with Crippen molar-refractivity contribution in [2.45, 2.75) is 349 Å². The van der Waals surface area contributed by atoms with Crippen LogP contribution in [0.2, 0.25) is 0 Å². The number of carbonyl (C=O) groups excluding carboxylic acids is 4. The highest BCUT2D eigenvalue weighted by molar-refractivity contribution is 7.47. The van der Waals surface area contributed by atoms with E-state index in [-0.39, 0.29) is 25.7 Å². The third kappa shape index (κ3) is 59.7. The van der Waals surface area contributed by atoms with E-state index in [4.69, 9.17) is 37.0 Å². The molecule has 0 aromatic rings. The van der Waals surface area contributed by atoms with Crippen molar-refractivity contribution in [3.05, 3.63) is 0 Å². The summed E-state index contributed by atoms with van der Waals surface area (Å²) in [6.07, 6.45) is 40.3. The molecule has 0 bridgehead atoms. The molecule has 3 unspecified atom stereocenters. The number of aliphatic hydroxyl groups is 1. The first-order valence-corrected chi connectivity index (χ1v) is 37.9. The molecule has 19 heteroatoms. The first kappa shape index (κ1) is 84.1. The highest BCUT2D eigenvalue weighted by Gasteiger charge is 2.30. The topological polar surface area (TPSA) is 237 Å². The van der Waals surface area contributed by atoms with Crippen LogP contribution in [0.15, 0.2) is 0 Å². The summed E-state index contributed by atoms with van der Waals surface area (Å²) in [7, 11) is -9.89. The average Bonchev–Trinajstić information content (AvgIpc) is 3.69. The maximum Gasteiger partial charge on any atom is 0.472 e. The summed E-state index contributed by atoms with van der Waals surface area (Å²) in [5.41, 5.74) is 0. The molecule has 0 aliphatic carbocycles. The molecule has 6 atom stereocenters. The molecule has 0 aromatic heterocycles. The van der Waals surface area contributed by atoms with Gasteiger partial charge in [-0.1, -0.05) is 280 Å². The Kier molecular flexibility index (Phi) is 56.9. The zero-order chi connectivity index (χ0) is 63.8. The summed E-state index contributed by atoms with van der Waals surface area (Å²) >= 11 is 0. The minimum Gasteiger partial charge on any atom is -0.462 e. The standard InChI is InChI=1S/C67H130O17P2/c1-8-10-11-12-13-14-15-16-19-28-36-43-50-66(71)83-63(55-78-65(70)49-42-35-30-23-25-32-39-46-59(5)6)57-82-86(75,76)80-53-61(68)52-79-85(73,74)81-56-62(84-67(72)51-44-37-29-20-17-18-24-31-38-45-58(3)4)54-77-64(69)48-41-34-27-22-21-26-33-40-47-60(7)9-2/h58-63,68H,8-57H2,1-7H3,(H,73,74)(H,75,76)/t60?,61-,62-,63-/m1/s1. The van der Waals surface area contributed by atoms with Crippen molar-refractivity contribution < 1.29 is 80.2 Å². The van der Waals surface area contributed by atoms with Crippen molar-refractivity contribution >= 4 is 39.5 Å². The smallest absolute Gasteiger partial charge is 0.462 e. The minimum absolute atomic E-state index is 0.104. The lowest BCUT2D eigenvalue weighted by atomic mass is 9.99. The largest absolute Gasteiger partial charge is 0.472 e. The predicted octanol–water partition coefficient (Wildman–Crippen LogP) is 18.7. The van der Waals surface area contributed by atoms with Gasteiger partial charge in [0.2, 0.25) is 0 Å². The van der Waals surface area contributed by atoms with Crippen LogP contribution in [0.5, 0.6) is 0 Å². The minimum atomic E-state index is -4.95. The zero-order valence-corrected chi connectivity index (χ0v) is 57.6. The molecule has 0 aliphatic rings. The fourth-order valence-corrected chi connectivity index (χ4v) is 11.6. The van der Waals surface area contributed by atoms with Crippen LogP contribution >= 0.6 is 15.6 Å². The van der Waals surface area contributed by atoms with E-state index in [9.17, 15) is 43.2 Å². The molecule has 0 rings (SSSR count). The highest BCUT2D eigenvalue weighted by Crippen LogP contribution is 2.45. The molecule has 0 spiro atoms. The zero-order valence-electron chi connectivity index (χ0n) is 55.8. The highest BCUT2D eigenvalue weighted by atomic mass is 31.2. The molecule has 3 N–H and O–H groups in total. The van der Waals surface area contributed by atoms with Gasteiger partial charge in [0.1, 0.15) is 19.3 Å². The third-order valence-corrected chi connectivity index (χ3v) is 17.6. The number of esters is 4.